The van der Waals surface area contributed by atoms with Crippen molar-refractivity contribution in [1.29, 1.82) is 0 Å². The van der Waals surface area contributed by atoms with Crippen LogP contribution in [0.3, 0.4) is 0 Å². The summed E-state index contributed by atoms with van der Waals surface area (Å²) in [6, 6.07) is 9.32. The van der Waals surface area contributed by atoms with Crippen molar-refractivity contribution in [2.75, 3.05) is 18.4 Å². The molecule has 0 aliphatic carbocycles. The molecule has 8 nitrogen and oxygen atoms in total. The fourth-order valence-electron chi connectivity index (χ4n) is 4.14. The molecule has 3 heterocycles. The number of carbonyl (C=O) groups excluding carboxylic acids is 1. The maximum absolute atomic E-state index is 13.5. The van der Waals surface area contributed by atoms with Crippen molar-refractivity contribution in [3.8, 4) is 0 Å². The van der Waals surface area contributed by atoms with Crippen LogP contribution in [0, 0.1) is 26.7 Å². The van der Waals surface area contributed by atoms with Crippen LogP contribution < -0.4 is 5.32 Å². The zero-order valence-electron chi connectivity index (χ0n) is 18.9. The van der Waals surface area contributed by atoms with Crippen LogP contribution in [-0.4, -0.2) is 36.9 Å². The fraction of sp³-hybridized carbons (Fsp3) is 0.333. The predicted molar refractivity (Wildman–Crippen MR) is 125 cm³/mol. The lowest BCUT2D eigenvalue weighted by Crippen LogP contribution is -2.43. The molecule has 1 fully saturated rings. The summed E-state index contributed by atoms with van der Waals surface area (Å²) < 4.78 is 38.9. The van der Waals surface area contributed by atoms with Crippen molar-refractivity contribution >= 4 is 33.8 Å². The summed E-state index contributed by atoms with van der Waals surface area (Å²) in [6.07, 6.45) is 5.89. The summed E-state index contributed by atoms with van der Waals surface area (Å²) >= 11 is 0. The van der Waals surface area contributed by atoms with Gasteiger partial charge < -0.3 is 14.3 Å². The number of sulfonamides is 1. The maximum atomic E-state index is 13.5. The highest BCUT2D eigenvalue weighted by molar-refractivity contribution is 7.89. The third kappa shape index (κ3) is 5.09. The second-order valence-corrected chi connectivity index (χ2v) is 10.3. The molecule has 1 aliphatic heterocycles. The number of aromatic nitrogens is 1. The Morgan fingerprint density at radius 3 is 2.64 bits per heavy atom. The lowest BCUT2D eigenvalue weighted by Gasteiger charge is -2.31. The van der Waals surface area contributed by atoms with Crippen LogP contribution in [0.15, 0.2) is 50.4 Å². The van der Waals surface area contributed by atoms with Crippen molar-refractivity contribution in [1.82, 2.24) is 9.46 Å². The van der Waals surface area contributed by atoms with Crippen molar-refractivity contribution in [2.24, 2.45) is 5.92 Å². The number of nitrogens with one attached hydrogen (secondary N) is 1. The molecule has 0 radical (unpaired) electrons. The molecule has 0 bridgehead atoms. The number of carbonyl (C=O) groups is 1. The van der Waals surface area contributed by atoms with Crippen molar-refractivity contribution < 1.29 is 22.2 Å². The van der Waals surface area contributed by atoms with E-state index in [2.05, 4.69) is 10.5 Å². The van der Waals surface area contributed by atoms with Crippen LogP contribution in [0.2, 0.25) is 0 Å². The van der Waals surface area contributed by atoms with Gasteiger partial charge in [-0.3, -0.25) is 4.79 Å². The van der Waals surface area contributed by atoms with Crippen LogP contribution in [0.1, 0.15) is 41.2 Å². The van der Waals surface area contributed by atoms with Crippen LogP contribution in [0.4, 0.5) is 5.69 Å². The zero-order valence-corrected chi connectivity index (χ0v) is 19.7. The summed E-state index contributed by atoms with van der Waals surface area (Å²) in [6.45, 7) is 5.97. The molecule has 1 aliphatic rings. The quantitative estimate of drug-likeness (QED) is 0.574. The first kappa shape index (κ1) is 23.0. The number of anilines is 1. The van der Waals surface area contributed by atoms with Crippen LogP contribution >= 0.6 is 0 Å². The first-order chi connectivity index (χ1) is 15.7. The van der Waals surface area contributed by atoms with Gasteiger partial charge in [0.2, 0.25) is 15.9 Å². The van der Waals surface area contributed by atoms with E-state index in [-0.39, 0.29) is 28.8 Å². The molecule has 4 rings (SSSR count). The van der Waals surface area contributed by atoms with Gasteiger partial charge in [-0.05, 0) is 81.2 Å². The molecule has 1 amide bonds. The van der Waals surface area contributed by atoms with Gasteiger partial charge in [-0.1, -0.05) is 11.2 Å². The van der Waals surface area contributed by atoms with E-state index < -0.39 is 15.9 Å². The first-order valence-electron chi connectivity index (χ1n) is 10.8. The molecule has 1 atom stereocenters. The minimum atomic E-state index is -3.91. The highest BCUT2D eigenvalue weighted by Crippen LogP contribution is 2.30. The Morgan fingerprint density at radius 2 is 1.94 bits per heavy atom. The molecule has 0 spiro atoms. The Balaban J connectivity index is 1.53. The van der Waals surface area contributed by atoms with E-state index in [4.69, 9.17) is 8.94 Å². The molecule has 3 aromatic rings. The molecular weight excluding hydrogens is 442 g/mol. The summed E-state index contributed by atoms with van der Waals surface area (Å²) in [5.41, 5.74) is 3.10. The summed E-state index contributed by atoms with van der Waals surface area (Å²) in [5, 5.41) is 6.81. The smallest absolute Gasteiger partial charge is 0.248 e. The molecule has 9 heteroatoms. The Bertz CT molecular complexity index is 1260. The SMILES string of the molecule is Cc1cc(C)cc(NC(=O)C2CCCN(S(=O)(=O)c3c(C)noc3/C=C/c3ccco3)C2)c1. The number of nitrogens with zero attached hydrogens (tertiary/aromatic N) is 2. The molecule has 1 N–H and O–H groups in total. The number of hydrogen-bond donors (Lipinski definition) is 1. The number of rotatable bonds is 6. The van der Waals surface area contributed by atoms with Gasteiger partial charge in [0.15, 0.2) is 10.7 Å². The number of aryl methyl sites for hydroxylation is 3. The van der Waals surface area contributed by atoms with Crippen LogP contribution in [-0.2, 0) is 14.8 Å². The van der Waals surface area contributed by atoms with Crippen molar-refractivity contribution in [3.05, 3.63) is 64.9 Å². The highest BCUT2D eigenvalue weighted by Gasteiger charge is 2.37. The predicted octanol–water partition coefficient (Wildman–Crippen LogP) is 4.40. The number of benzene rings is 1. The molecule has 1 saturated heterocycles. The summed E-state index contributed by atoms with van der Waals surface area (Å²) in [5.74, 6) is 0.0655. The second-order valence-electron chi connectivity index (χ2n) is 8.38. The summed E-state index contributed by atoms with van der Waals surface area (Å²) in [4.78, 5) is 12.9. The van der Waals surface area contributed by atoms with Gasteiger partial charge in [-0.2, -0.15) is 4.31 Å². The topological polar surface area (TPSA) is 106 Å². The van der Waals surface area contributed by atoms with Crippen LogP contribution in [0.5, 0.6) is 0 Å². The number of furan rings is 1. The van der Waals surface area contributed by atoms with E-state index in [0.717, 1.165) is 16.8 Å². The molecule has 1 unspecified atom stereocenters. The molecule has 2 aromatic heterocycles. The lowest BCUT2D eigenvalue weighted by molar-refractivity contribution is -0.120. The monoisotopic (exact) mass is 469 g/mol. The van der Waals surface area contributed by atoms with Gasteiger partial charge in [-0.25, -0.2) is 8.42 Å². The molecular formula is C24H27N3O5S. The van der Waals surface area contributed by atoms with E-state index in [1.165, 1.54) is 16.6 Å². The van der Waals surface area contributed by atoms with Gasteiger partial charge in [0.25, 0.3) is 0 Å². The maximum Gasteiger partial charge on any atom is 0.248 e. The minimum absolute atomic E-state index is 0.0145. The Morgan fingerprint density at radius 1 is 1.18 bits per heavy atom. The number of hydrogen-bond acceptors (Lipinski definition) is 6. The van der Waals surface area contributed by atoms with Gasteiger partial charge in [0.1, 0.15) is 11.5 Å². The van der Waals surface area contributed by atoms with Gasteiger partial charge in [0.05, 0.1) is 12.2 Å². The normalized spacial score (nSPS) is 17.5. The van der Waals surface area contributed by atoms with Crippen molar-refractivity contribution in [2.45, 2.75) is 38.5 Å². The first-order valence-corrected chi connectivity index (χ1v) is 12.3. The number of amides is 1. The average Bonchev–Trinajstić information content (AvgIpc) is 3.41. The van der Waals surface area contributed by atoms with Gasteiger partial charge in [0, 0.05) is 18.8 Å². The van der Waals surface area contributed by atoms with E-state index in [9.17, 15) is 13.2 Å². The standard InChI is InChI=1S/C24H27N3O5S/c1-16-12-17(2)14-20(13-16)25-24(28)19-6-4-10-27(15-19)33(29,30)23-18(3)26-32-22(23)9-8-21-7-5-11-31-21/h5,7-9,11-14,19H,4,6,10,15H2,1-3H3,(H,25,28)/b9-8+. The van der Waals surface area contributed by atoms with Crippen molar-refractivity contribution in [3.63, 3.8) is 0 Å². The highest BCUT2D eigenvalue weighted by atomic mass is 32.2. The minimum Gasteiger partial charge on any atom is -0.465 e. The zero-order chi connectivity index (χ0) is 23.6. The fourth-order valence-corrected chi connectivity index (χ4v) is 5.91. The van der Waals surface area contributed by atoms with E-state index in [1.807, 2.05) is 32.0 Å². The van der Waals surface area contributed by atoms with E-state index in [1.54, 1.807) is 25.1 Å². The number of piperidine rings is 1. The van der Waals surface area contributed by atoms with Crippen LogP contribution in [0.25, 0.3) is 12.2 Å². The van der Waals surface area contributed by atoms with Gasteiger partial charge >= 0.3 is 0 Å². The molecule has 1 aromatic carbocycles. The van der Waals surface area contributed by atoms with Gasteiger partial charge in [-0.15, -0.1) is 0 Å². The molecule has 0 saturated carbocycles. The lowest BCUT2D eigenvalue weighted by atomic mass is 9.98. The van der Waals surface area contributed by atoms with E-state index >= 15 is 0 Å². The second kappa shape index (κ2) is 9.36. The molecule has 33 heavy (non-hydrogen) atoms. The third-order valence-electron chi connectivity index (χ3n) is 5.62. The Hall–Kier alpha value is -3.17. The summed E-state index contributed by atoms with van der Waals surface area (Å²) in [7, 11) is -3.91. The Kier molecular flexibility index (Phi) is 6.53. The van der Waals surface area contributed by atoms with E-state index in [0.29, 0.717) is 25.1 Å². The largest absolute Gasteiger partial charge is 0.465 e. The Labute approximate surface area is 193 Å². The molecule has 174 valence electrons. The average molecular weight is 470 g/mol. The third-order valence-corrected chi connectivity index (χ3v) is 7.64.